The summed E-state index contributed by atoms with van der Waals surface area (Å²) in [5.41, 5.74) is -0.898. The molecule has 0 unspecified atom stereocenters. The third-order valence-electron chi connectivity index (χ3n) is 2.48. The molecule has 2 aromatic rings. The number of hydrogen-bond donors (Lipinski definition) is 1. The lowest BCUT2D eigenvalue weighted by Crippen LogP contribution is -2.06. The van der Waals surface area contributed by atoms with Crippen LogP contribution in [0.1, 0.15) is 16.8 Å². The van der Waals surface area contributed by atoms with Crippen LogP contribution in [0.4, 0.5) is 24.8 Å². The first-order valence-corrected chi connectivity index (χ1v) is 5.55. The number of nitriles is 2. The van der Waals surface area contributed by atoms with Crippen molar-refractivity contribution in [3.8, 4) is 12.1 Å². The number of benzene rings is 1. The maximum atomic E-state index is 12.6. The van der Waals surface area contributed by atoms with E-state index in [1.54, 1.807) is 12.1 Å². The van der Waals surface area contributed by atoms with Crippen molar-refractivity contribution in [1.82, 2.24) is 9.97 Å². The fourth-order valence-corrected chi connectivity index (χ4v) is 1.52. The van der Waals surface area contributed by atoms with Crippen LogP contribution in [0.2, 0.25) is 0 Å². The van der Waals surface area contributed by atoms with E-state index >= 15 is 0 Å². The summed E-state index contributed by atoms with van der Waals surface area (Å²) in [5, 5.41) is 20.3. The van der Waals surface area contributed by atoms with Crippen LogP contribution >= 0.6 is 0 Å². The second kappa shape index (κ2) is 5.47. The minimum atomic E-state index is -4.53. The van der Waals surface area contributed by atoms with E-state index in [2.05, 4.69) is 15.3 Å². The summed E-state index contributed by atoms with van der Waals surface area (Å²) in [6.45, 7) is 0. The van der Waals surface area contributed by atoms with E-state index in [9.17, 15) is 13.2 Å². The number of nitrogens with zero attached hydrogens (tertiary/aromatic N) is 4. The van der Waals surface area contributed by atoms with Gasteiger partial charge < -0.3 is 5.32 Å². The standard InChI is InChI=1S/C13H6F3N5/c14-13(15,16)9-1-2-11(8(5-9)6-17)21-12-19-4-3-10(7-18)20-12/h1-5H,(H,19,20,21). The summed E-state index contributed by atoms with van der Waals surface area (Å²) >= 11 is 0. The summed E-state index contributed by atoms with van der Waals surface area (Å²) in [6.07, 6.45) is -3.20. The molecule has 0 aliphatic carbocycles. The Hall–Kier alpha value is -3.13. The molecule has 0 radical (unpaired) electrons. The molecule has 21 heavy (non-hydrogen) atoms. The van der Waals surface area contributed by atoms with Gasteiger partial charge in [0.15, 0.2) is 0 Å². The predicted octanol–water partition coefficient (Wildman–Crippen LogP) is 2.98. The van der Waals surface area contributed by atoms with Gasteiger partial charge in [-0.25, -0.2) is 9.97 Å². The lowest BCUT2D eigenvalue weighted by molar-refractivity contribution is -0.137. The van der Waals surface area contributed by atoms with Crippen molar-refractivity contribution >= 4 is 11.6 Å². The SMILES string of the molecule is N#Cc1ccnc(Nc2ccc(C(F)(F)F)cc2C#N)n1. The highest BCUT2D eigenvalue weighted by atomic mass is 19.4. The zero-order chi connectivity index (χ0) is 15.5. The van der Waals surface area contributed by atoms with Gasteiger partial charge in [-0.2, -0.15) is 23.7 Å². The van der Waals surface area contributed by atoms with Crippen molar-refractivity contribution in [3.63, 3.8) is 0 Å². The number of rotatable bonds is 2. The van der Waals surface area contributed by atoms with Crippen LogP contribution in [0.5, 0.6) is 0 Å². The molecule has 1 aromatic heterocycles. The Morgan fingerprint density at radius 3 is 2.48 bits per heavy atom. The van der Waals surface area contributed by atoms with Gasteiger partial charge in [-0.3, -0.25) is 0 Å². The molecule has 8 heteroatoms. The van der Waals surface area contributed by atoms with Crippen LogP contribution < -0.4 is 5.32 Å². The topological polar surface area (TPSA) is 85.4 Å². The van der Waals surface area contributed by atoms with Crippen LogP contribution in [-0.4, -0.2) is 9.97 Å². The fourth-order valence-electron chi connectivity index (χ4n) is 1.52. The van der Waals surface area contributed by atoms with Crippen molar-refractivity contribution < 1.29 is 13.2 Å². The lowest BCUT2D eigenvalue weighted by Gasteiger charge is -2.10. The van der Waals surface area contributed by atoms with Gasteiger partial charge in [0.2, 0.25) is 5.95 Å². The smallest absolute Gasteiger partial charge is 0.323 e. The normalized spacial score (nSPS) is 10.5. The molecule has 104 valence electrons. The Kier molecular flexibility index (Phi) is 3.72. The Morgan fingerprint density at radius 2 is 1.86 bits per heavy atom. The van der Waals surface area contributed by atoms with Gasteiger partial charge in [-0.1, -0.05) is 0 Å². The van der Waals surface area contributed by atoms with Crippen molar-refractivity contribution in [1.29, 1.82) is 10.5 Å². The van der Waals surface area contributed by atoms with Gasteiger partial charge in [0.05, 0.1) is 16.8 Å². The number of aromatic nitrogens is 2. The quantitative estimate of drug-likeness (QED) is 0.918. The number of nitrogens with one attached hydrogen (secondary N) is 1. The largest absolute Gasteiger partial charge is 0.416 e. The lowest BCUT2D eigenvalue weighted by atomic mass is 10.1. The highest BCUT2D eigenvalue weighted by molar-refractivity contribution is 5.64. The number of hydrogen-bond acceptors (Lipinski definition) is 5. The van der Waals surface area contributed by atoms with Gasteiger partial charge >= 0.3 is 6.18 Å². The molecule has 1 heterocycles. The second-order valence-electron chi connectivity index (χ2n) is 3.87. The number of anilines is 2. The molecule has 1 N–H and O–H groups in total. The first kappa shape index (κ1) is 14.3. The van der Waals surface area contributed by atoms with Crippen molar-refractivity contribution in [2.24, 2.45) is 0 Å². The molecule has 0 fully saturated rings. The van der Waals surface area contributed by atoms with Crippen LogP contribution in [0.15, 0.2) is 30.5 Å². The third kappa shape index (κ3) is 3.25. The Labute approximate surface area is 117 Å². The van der Waals surface area contributed by atoms with E-state index in [0.717, 1.165) is 18.2 Å². The second-order valence-corrected chi connectivity index (χ2v) is 3.87. The van der Waals surface area contributed by atoms with Crippen LogP contribution in [0, 0.1) is 22.7 Å². The maximum Gasteiger partial charge on any atom is 0.416 e. The average Bonchev–Trinajstić information content (AvgIpc) is 2.46. The molecular weight excluding hydrogens is 283 g/mol. The highest BCUT2D eigenvalue weighted by Gasteiger charge is 2.31. The van der Waals surface area contributed by atoms with Gasteiger partial charge in [0.25, 0.3) is 0 Å². The summed E-state index contributed by atoms with van der Waals surface area (Å²) in [6, 6.07) is 7.55. The fraction of sp³-hybridized carbons (Fsp3) is 0.0769. The molecule has 0 saturated heterocycles. The zero-order valence-electron chi connectivity index (χ0n) is 10.3. The van der Waals surface area contributed by atoms with Crippen molar-refractivity contribution in [2.45, 2.75) is 6.18 Å². The highest BCUT2D eigenvalue weighted by Crippen LogP contribution is 2.32. The molecule has 0 aliphatic heterocycles. The maximum absolute atomic E-state index is 12.6. The summed E-state index contributed by atoms with van der Waals surface area (Å²) < 4.78 is 37.7. The zero-order valence-corrected chi connectivity index (χ0v) is 10.3. The van der Waals surface area contributed by atoms with Gasteiger partial charge in [0, 0.05) is 6.20 Å². The molecule has 1 aromatic carbocycles. The average molecular weight is 289 g/mol. The Balaban J connectivity index is 2.37. The van der Waals surface area contributed by atoms with Crippen LogP contribution in [0.3, 0.4) is 0 Å². The molecule has 0 bridgehead atoms. The molecule has 0 amide bonds. The van der Waals surface area contributed by atoms with Crippen LogP contribution in [-0.2, 0) is 6.18 Å². The van der Waals surface area contributed by atoms with Crippen molar-refractivity contribution in [2.75, 3.05) is 5.32 Å². The Bertz CT molecular complexity index is 756. The third-order valence-corrected chi connectivity index (χ3v) is 2.48. The summed E-state index contributed by atoms with van der Waals surface area (Å²) in [7, 11) is 0. The summed E-state index contributed by atoms with van der Waals surface area (Å²) in [5.74, 6) is 0.0188. The van der Waals surface area contributed by atoms with Crippen LogP contribution in [0.25, 0.3) is 0 Å². The van der Waals surface area contributed by atoms with E-state index in [1.807, 2.05) is 0 Å². The molecule has 2 rings (SSSR count). The molecule has 0 saturated carbocycles. The van der Waals surface area contributed by atoms with E-state index in [1.165, 1.54) is 12.3 Å². The number of alkyl halides is 3. The molecule has 0 atom stereocenters. The number of halogens is 3. The molecule has 0 spiro atoms. The minimum Gasteiger partial charge on any atom is -0.323 e. The summed E-state index contributed by atoms with van der Waals surface area (Å²) in [4.78, 5) is 7.64. The first-order valence-electron chi connectivity index (χ1n) is 5.55. The van der Waals surface area contributed by atoms with E-state index < -0.39 is 11.7 Å². The van der Waals surface area contributed by atoms with Gasteiger partial charge in [0.1, 0.15) is 17.8 Å². The van der Waals surface area contributed by atoms with Crippen molar-refractivity contribution in [3.05, 3.63) is 47.3 Å². The Morgan fingerprint density at radius 1 is 1.10 bits per heavy atom. The predicted molar refractivity (Wildman–Crippen MR) is 66.2 cm³/mol. The monoisotopic (exact) mass is 289 g/mol. The molecular formula is C13H6F3N5. The molecule has 0 aliphatic rings. The molecule has 5 nitrogen and oxygen atoms in total. The van der Waals surface area contributed by atoms with Gasteiger partial charge in [-0.15, -0.1) is 0 Å². The van der Waals surface area contributed by atoms with E-state index in [0.29, 0.717) is 0 Å². The first-order chi connectivity index (χ1) is 9.94. The minimum absolute atomic E-state index is 0.0188. The van der Waals surface area contributed by atoms with Gasteiger partial charge in [-0.05, 0) is 24.3 Å². The van der Waals surface area contributed by atoms with E-state index in [4.69, 9.17) is 10.5 Å². The van der Waals surface area contributed by atoms with E-state index in [-0.39, 0.29) is 22.9 Å².